The van der Waals surface area contributed by atoms with Crippen LogP contribution in [0.15, 0.2) is 54.6 Å². The molecular formula is C17H12FI. The molecular weight excluding hydrogens is 350 g/mol. The molecule has 0 amide bonds. The van der Waals surface area contributed by atoms with Gasteiger partial charge >= 0.3 is 0 Å². The van der Waals surface area contributed by atoms with E-state index in [-0.39, 0.29) is 5.82 Å². The molecule has 3 aromatic rings. The van der Waals surface area contributed by atoms with Crippen LogP contribution in [0.25, 0.3) is 21.9 Å². The minimum absolute atomic E-state index is 0.190. The largest absolute Gasteiger partial charge is 0.207 e. The van der Waals surface area contributed by atoms with E-state index in [1.54, 1.807) is 6.07 Å². The first kappa shape index (κ1) is 12.6. The fraction of sp³-hybridized carbons (Fsp3) is 0.0588. The smallest absolute Gasteiger partial charge is 0.123 e. The zero-order valence-electron chi connectivity index (χ0n) is 10.5. The summed E-state index contributed by atoms with van der Waals surface area (Å²) >= 11 is 2.35. The summed E-state index contributed by atoms with van der Waals surface area (Å²) in [7, 11) is 0. The lowest BCUT2D eigenvalue weighted by molar-refractivity contribution is 0.630. The Hall–Kier alpha value is -1.42. The normalized spacial score (nSPS) is 10.9. The molecule has 3 rings (SSSR count). The Morgan fingerprint density at radius 1 is 0.947 bits per heavy atom. The SMILES string of the molecule is Cc1cc2ccc(F)cc2c(-c2ccccc2)c1I. The van der Waals surface area contributed by atoms with Crippen molar-refractivity contribution >= 4 is 33.4 Å². The molecule has 0 radical (unpaired) electrons. The Balaban J connectivity index is 2.44. The molecule has 0 saturated carbocycles. The molecule has 19 heavy (non-hydrogen) atoms. The summed E-state index contributed by atoms with van der Waals surface area (Å²) in [6.07, 6.45) is 0. The molecule has 0 atom stereocenters. The van der Waals surface area contributed by atoms with Gasteiger partial charge in [0.25, 0.3) is 0 Å². The summed E-state index contributed by atoms with van der Waals surface area (Å²) in [4.78, 5) is 0. The third-order valence-corrected chi connectivity index (χ3v) is 4.68. The van der Waals surface area contributed by atoms with Crippen LogP contribution in [0.1, 0.15) is 5.56 Å². The molecule has 0 aliphatic heterocycles. The summed E-state index contributed by atoms with van der Waals surface area (Å²) in [5.41, 5.74) is 3.47. The Morgan fingerprint density at radius 3 is 2.42 bits per heavy atom. The molecule has 0 unspecified atom stereocenters. The maximum absolute atomic E-state index is 13.6. The van der Waals surface area contributed by atoms with Crippen molar-refractivity contribution in [3.05, 3.63) is 69.5 Å². The number of benzene rings is 3. The predicted molar refractivity (Wildman–Crippen MR) is 86.8 cm³/mol. The lowest BCUT2D eigenvalue weighted by Crippen LogP contribution is -1.91. The highest BCUT2D eigenvalue weighted by Gasteiger charge is 2.11. The number of rotatable bonds is 1. The molecule has 0 nitrogen and oxygen atoms in total. The quantitative estimate of drug-likeness (QED) is 0.498. The van der Waals surface area contributed by atoms with Crippen molar-refractivity contribution in [2.24, 2.45) is 0 Å². The fourth-order valence-electron chi connectivity index (χ4n) is 2.37. The molecule has 0 N–H and O–H groups in total. The van der Waals surface area contributed by atoms with Crippen molar-refractivity contribution in [1.82, 2.24) is 0 Å². The number of hydrogen-bond acceptors (Lipinski definition) is 0. The number of hydrogen-bond donors (Lipinski definition) is 0. The van der Waals surface area contributed by atoms with Crippen LogP contribution in [0.4, 0.5) is 4.39 Å². The predicted octanol–water partition coefficient (Wildman–Crippen LogP) is 5.56. The van der Waals surface area contributed by atoms with Crippen LogP contribution in [0.3, 0.4) is 0 Å². The third-order valence-electron chi connectivity index (χ3n) is 3.28. The van der Waals surface area contributed by atoms with Crippen LogP contribution < -0.4 is 0 Å². The zero-order valence-corrected chi connectivity index (χ0v) is 12.6. The molecule has 3 aromatic carbocycles. The van der Waals surface area contributed by atoms with Crippen molar-refractivity contribution in [3.8, 4) is 11.1 Å². The molecule has 2 heteroatoms. The lowest BCUT2D eigenvalue weighted by atomic mass is 9.96. The number of aryl methyl sites for hydroxylation is 1. The number of fused-ring (bicyclic) bond motifs is 1. The highest BCUT2D eigenvalue weighted by molar-refractivity contribution is 14.1. The van der Waals surface area contributed by atoms with Crippen LogP contribution in [0, 0.1) is 16.3 Å². The molecule has 0 spiro atoms. The summed E-state index contributed by atoms with van der Waals surface area (Å²) in [5.74, 6) is -0.190. The van der Waals surface area contributed by atoms with E-state index in [2.05, 4.69) is 47.7 Å². The molecule has 0 aliphatic rings. The molecule has 0 saturated heterocycles. The van der Waals surface area contributed by atoms with E-state index in [9.17, 15) is 4.39 Å². The molecule has 0 heterocycles. The molecule has 0 bridgehead atoms. The van der Waals surface area contributed by atoms with E-state index in [1.165, 1.54) is 15.2 Å². The molecule has 0 aliphatic carbocycles. The van der Waals surface area contributed by atoms with E-state index < -0.39 is 0 Å². The molecule has 94 valence electrons. The molecule has 0 fully saturated rings. The Labute approximate surface area is 125 Å². The number of halogens is 2. The maximum Gasteiger partial charge on any atom is 0.123 e. The summed E-state index contributed by atoms with van der Waals surface area (Å²) in [6.45, 7) is 2.09. The van der Waals surface area contributed by atoms with Crippen molar-refractivity contribution in [2.45, 2.75) is 6.92 Å². The van der Waals surface area contributed by atoms with Gasteiger partial charge < -0.3 is 0 Å². The average Bonchev–Trinajstić information content (AvgIpc) is 2.42. The van der Waals surface area contributed by atoms with Gasteiger partial charge in [-0.1, -0.05) is 42.5 Å². The first-order valence-corrected chi connectivity index (χ1v) is 7.18. The first-order chi connectivity index (χ1) is 9.16. The van der Waals surface area contributed by atoms with Gasteiger partial charge in [0.15, 0.2) is 0 Å². The van der Waals surface area contributed by atoms with E-state index >= 15 is 0 Å². The van der Waals surface area contributed by atoms with Gasteiger partial charge in [0.1, 0.15) is 5.82 Å². The Bertz CT molecular complexity index is 748. The van der Waals surface area contributed by atoms with Gasteiger partial charge in [0.2, 0.25) is 0 Å². The summed E-state index contributed by atoms with van der Waals surface area (Å²) < 4.78 is 14.7. The fourth-order valence-corrected chi connectivity index (χ4v) is 3.13. The van der Waals surface area contributed by atoms with Gasteiger partial charge in [-0.3, -0.25) is 0 Å². The van der Waals surface area contributed by atoms with Crippen molar-refractivity contribution < 1.29 is 4.39 Å². The maximum atomic E-state index is 13.6. The minimum atomic E-state index is -0.190. The van der Waals surface area contributed by atoms with Crippen LogP contribution in [0.5, 0.6) is 0 Å². The van der Waals surface area contributed by atoms with Gasteiger partial charge in [0.05, 0.1) is 0 Å². The van der Waals surface area contributed by atoms with Crippen molar-refractivity contribution in [2.75, 3.05) is 0 Å². The summed E-state index contributed by atoms with van der Waals surface area (Å²) in [6, 6.07) is 17.3. The zero-order chi connectivity index (χ0) is 13.4. The highest BCUT2D eigenvalue weighted by atomic mass is 127. The molecule has 0 aromatic heterocycles. The third kappa shape index (κ3) is 2.25. The topological polar surface area (TPSA) is 0 Å². The standard InChI is InChI=1S/C17H12FI/c1-11-9-13-7-8-14(18)10-15(13)16(17(11)19)12-5-3-2-4-6-12/h2-10H,1H3. The van der Waals surface area contributed by atoms with Gasteiger partial charge in [0, 0.05) is 9.13 Å². The van der Waals surface area contributed by atoms with Crippen molar-refractivity contribution in [3.63, 3.8) is 0 Å². The van der Waals surface area contributed by atoms with Gasteiger partial charge in [-0.05, 0) is 63.5 Å². The Morgan fingerprint density at radius 2 is 1.68 bits per heavy atom. The second-order valence-corrected chi connectivity index (χ2v) is 5.69. The Kier molecular flexibility index (Phi) is 3.27. The van der Waals surface area contributed by atoms with Gasteiger partial charge in [-0.25, -0.2) is 4.39 Å². The van der Waals surface area contributed by atoms with Gasteiger partial charge in [-0.15, -0.1) is 0 Å². The highest BCUT2D eigenvalue weighted by Crippen LogP contribution is 2.35. The average molecular weight is 362 g/mol. The second-order valence-electron chi connectivity index (χ2n) is 4.61. The van der Waals surface area contributed by atoms with Crippen LogP contribution >= 0.6 is 22.6 Å². The van der Waals surface area contributed by atoms with Crippen molar-refractivity contribution in [1.29, 1.82) is 0 Å². The first-order valence-electron chi connectivity index (χ1n) is 6.10. The van der Waals surface area contributed by atoms with Crippen LogP contribution in [-0.4, -0.2) is 0 Å². The summed E-state index contributed by atoms with van der Waals surface area (Å²) in [5, 5.41) is 2.05. The van der Waals surface area contributed by atoms with E-state index in [0.717, 1.165) is 21.9 Å². The lowest BCUT2D eigenvalue weighted by Gasteiger charge is -2.12. The second kappa shape index (κ2) is 4.93. The van der Waals surface area contributed by atoms with E-state index in [4.69, 9.17) is 0 Å². The van der Waals surface area contributed by atoms with Gasteiger partial charge in [-0.2, -0.15) is 0 Å². The monoisotopic (exact) mass is 362 g/mol. The van der Waals surface area contributed by atoms with Crippen LogP contribution in [-0.2, 0) is 0 Å². The minimum Gasteiger partial charge on any atom is -0.207 e. The van der Waals surface area contributed by atoms with E-state index in [1.807, 2.05) is 24.3 Å². The van der Waals surface area contributed by atoms with E-state index in [0.29, 0.717) is 0 Å². The van der Waals surface area contributed by atoms with Crippen LogP contribution in [0.2, 0.25) is 0 Å².